The maximum Gasteiger partial charge on any atom is 0.221 e. The summed E-state index contributed by atoms with van der Waals surface area (Å²) in [5, 5.41) is 9.50. The Morgan fingerprint density at radius 2 is 2.36 bits per heavy atom. The molecule has 1 rings (SSSR count). The molecule has 0 aliphatic carbocycles. The highest BCUT2D eigenvalue weighted by Gasteiger charge is 2.04. The quantitative estimate of drug-likeness (QED) is 0.488. The molecule has 1 aromatic rings. The van der Waals surface area contributed by atoms with E-state index in [-0.39, 0.29) is 11.9 Å². The number of rotatable bonds is 2. The van der Waals surface area contributed by atoms with E-state index in [0.717, 1.165) is 0 Å². The number of nitrogens with two attached hydrogens (primary N) is 2. The van der Waals surface area contributed by atoms with Crippen LogP contribution in [0.25, 0.3) is 0 Å². The summed E-state index contributed by atoms with van der Waals surface area (Å²) in [4.78, 5) is 6.49. The van der Waals surface area contributed by atoms with Crippen LogP contribution in [0.15, 0.2) is 22.5 Å². The van der Waals surface area contributed by atoms with Crippen molar-refractivity contribution in [1.29, 1.82) is 5.41 Å². The molecule has 14 heavy (non-hydrogen) atoms. The molecule has 5 nitrogen and oxygen atoms in total. The minimum Gasteiger partial charge on any atom is -0.370 e. The number of nitrogens with one attached hydrogen (secondary N) is 1. The van der Waals surface area contributed by atoms with E-state index in [1.165, 1.54) is 4.88 Å². The number of hydrogen-bond acceptors (Lipinski definition) is 2. The fraction of sp³-hybridized carbons (Fsp3) is 0.250. The Labute approximate surface area is 86.6 Å². The highest BCUT2D eigenvalue weighted by molar-refractivity contribution is 7.09. The van der Waals surface area contributed by atoms with Gasteiger partial charge in [-0.2, -0.15) is 4.99 Å². The predicted octanol–water partition coefficient (Wildman–Crippen LogP) is 0.388. The summed E-state index contributed by atoms with van der Waals surface area (Å²) in [5.74, 6) is -0.0218. The Hall–Kier alpha value is -1.56. The van der Waals surface area contributed by atoms with Gasteiger partial charge in [0.2, 0.25) is 5.96 Å². The lowest BCUT2D eigenvalue weighted by atomic mass is 10.4. The number of aliphatic imine (C=N–C) groups is 1. The molecule has 0 atom stereocenters. The molecule has 6 heteroatoms. The summed E-state index contributed by atoms with van der Waals surface area (Å²) < 4.78 is 0. The monoisotopic (exact) mass is 211 g/mol. The molecule has 0 unspecified atom stereocenters. The van der Waals surface area contributed by atoms with Crippen LogP contribution in [0.4, 0.5) is 0 Å². The number of nitrogens with zero attached hydrogens (tertiary/aromatic N) is 2. The topological polar surface area (TPSA) is 91.5 Å². The van der Waals surface area contributed by atoms with Crippen LogP contribution in [-0.2, 0) is 6.54 Å². The molecule has 76 valence electrons. The van der Waals surface area contributed by atoms with E-state index in [2.05, 4.69) is 4.99 Å². The molecule has 0 aromatic carbocycles. The van der Waals surface area contributed by atoms with E-state index in [4.69, 9.17) is 16.9 Å². The van der Waals surface area contributed by atoms with Crippen molar-refractivity contribution >= 4 is 23.3 Å². The molecule has 0 bridgehead atoms. The average Bonchev–Trinajstić information content (AvgIpc) is 2.55. The van der Waals surface area contributed by atoms with Crippen molar-refractivity contribution in [3.63, 3.8) is 0 Å². The first kappa shape index (κ1) is 10.5. The number of hydrogen-bond donors (Lipinski definition) is 3. The van der Waals surface area contributed by atoms with E-state index in [1.54, 1.807) is 23.3 Å². The van der Waals surface area contributed by atoms with Gasteiger partial charge in [0.25, 0.3) is 0 Å². The molecular weight excluding hydrogens is 198 g/mol. The zero-order valence-corrected chi connectivity index (χ0v) is 8.71. The molecule has 0 saturated heterocycles. The van der Waals surface area contributed by atoms with E-state index in [0.29, 0.717) is 6.54 Å². The van der Waals surface area contributed by atoms with Crippen LogP contribution in [0.2, 0.25) is 0 Å². The minimum absolute atomic E-state index is 0.0680. The van der Waals surface area contributed by atoms with Crippen molar-refractivity contribution in [2.24, 2.45) is 16.5 Å². The van der Waals surface area contributed by atoms with Crippen molar-refractivity contribution in [1.82, 2.24) is 4.90 Å². The number of thiophene rings is 1. The zero-order chi connectivity index (χ0) is 10.6. The maximum atomic E-state index is 7.51. The van der Waals surface area contributed by atoms with Gasteiger partial charge in [0.05, 0.1) is 6.54 Å². The standard InChI is InChI=1S/C8H13N5S/c1-13(8(11)12-7(9)10)5-6-3-2-4-14-6/h2-4H,5H2,1H3,(H5,9,10,11,12). The second-order valence-corrected chi connectivity index (χ2v) is 3.83. The molecule has 0 aliphatic heterocycles. The van der Waals surface area contributed by atoms with Gasteiger partial charge in [0, 0.05) is 11.9 Å². The van der Waals surface area contributed by atoms with Gasteiger partial charge in [-0.3, -0.25) is 5.41 Å². The summed E-state index contributed by atoms with van der Waals surface area (Å²) in [6, 6.07) is 3.97. The summed E-state index contributed by atoms with van der Waals surface area (Å²) in [5.41, 5.74) is 10.3. The molecule has 0 fully saturated rings. The van der Waals surface area contributed by atoms with E-state index in [1.807, 2.05) is 17.5 Å². The largest absolute Gasteiger partial charge is 0.370 e. The van der Waals surface area contributed by atoms with Crippen molar-refractivity contribution in [3.8, 4) is 0 Å². The van der Waals surface area contributed by atoms with E-state index >= 15 is 0 Å². The molecule has 5 N–H and O–H groups in total. The fourth-order valence-electron chi connectivity index (χ4n) is 0.919. The van der Waals surface area contributed by atoms with Gasteiger partial charge in [-0.1, -0.05) is 6.07 Å². The molecule has 0 amide bonds. The first-order chi connectivity index (χ1) is 6.59. The van der Waals surface area contributed by atoms with E-state index < -0.39 is 0 Å². The van der Waals surface area contributed by atoms with Gasteiger partial charge >= 0.3 is 0 Å². The van der Waals surface area contributed by atoms with Crippen molar-refractivity contribution < 1.29 is 0 Å². The Balaban J connectivity index is 2.54. The van der Waals surface area contributed by atoms with Gasteiger partial charge in [-0.25, -0.2) is 0 Å². The first-order valence-corrected chi connectivity index (χ1v) is 4.89. The lowest BCUT2D eigenvalue weighted by Gasteiger charge is -2.15. The lowest BCUT2D eigenvalue weighted by Crippen LogP contribution is -2.30. The average molecular weight is 211 g/mol. The van der Waals surface area contributed by atoms with Crippen LogP contribution in [0.5, 0.6) is 0 Å². The molecular formula is C8H13N5S. The third-order valence-corrected chi connectivity index (χ3v) is 2.43. The second kappa shape index (κ2) is 4.61. The van der Waals surface area contributed by atoms with Gasteiger partial charge in [-0.05, 0) is 11.4 Å². The van der Waals surface area contributed by atoms with Crippen molar-refractivity contribution in [2.45, 2.75) is 6.54 Å². The molecule has 0 aliphatic rings. The minimum atomic E-state index is -0.0898. The highest BCUT2D eigenvalue weighted by Crippen LogP contribution is 2.10. The molecule has 0 radical (unpaired) electrons. The Kier molecular flexibility index (Phi) is 3.47. The molecule has 0 saturated carbocycles. The van der Waals surface area contributed by atoms with Crippen LogP contribution in [-0.4, -0.2) is 23.9 Å². The van der Waals surface area contributed by atoms with Crippen molar-refractivity contribution in [2.75, 3.05) is 7.05 Å². The highest BCUT2D eigenvalue weighted by atomic mass is 32.1. The smallest absolute Gasteiger partial charge is 0.221 e. The van der Waals surface area contributed by atoms with E-state index in [9.17, 15) is 0 Å². The lowest BCUT2D eigenvalue weighted by molar-refractivity contribution is 0.496. The Bertz CT molecular complexity index is 326. The third kappa shape index (κ3) is 3.06. The first-order valence-electron chi connectivity index (χ1n) is 4.01. The van der Waals surface area contributed by atoms with Crippen LogP contribution >= 0.6 is 11.3 Å². The van der Waals surface area contributed by atoms with Crippen molar-refractivity contribution in [3.05, 3.63) is 22.4 Å². The molecule has 1 aromatic heterocycles. The van der Waals surface area contributed by atoms with Gasteiger partial charge < -0.3 is 16.4 Å². The third-order valence-electron chi connectivity index (χ3n) is 1.57. The normalized spacial score (nSPS) is 9.50. The van der Waals surface area contributed by atoms with Gasteiger partial charge in [0.1, 0.15) is 0 Å². The Morgan fingerprint density at radius 3 is 2.86 bits per heavy atom. The summed E-state index contributed by atoms with van der Waals surface area (Å²) in [7, 11) is 1.77. The summed E-state index contributed by atoms with van der Waals surface area (Å²) >= 11 is 1.64. The SMILES string of the molecule is CN(Cc1cccs1)C(=N)N=C(N)N. The van der Waals surface area contributed by atoms with Crippen LogP contribution in [0.1, 0.15) is 4.88 Å². The second-order valence-electron chi connectivity index (χ2n) is 2.80. The van der Waals surface area contributed by atoms with Crippen LogP contribution in [0.3, 0.4) is 0 Å². The zero-order valence-electron chi connectivity index (χ0n) is 7.90. The predicted molar refractivity (Wildman–Crippen MR) is 59.3 cm³/mol. The van der Waals surface area contributed by atoms with Crippen LogP contribution < -0.4 is 11.5 Å². The van der Waals surface area contributed by atoms with Gasteiger partial charge in [-0.15, -0.1) is 11.3 Å². The molecule has 1 heterocycles. The molecule has 0 spiro atoms. The number of guanidine groups is 2. The fourth-order valence-corrected chi connectivity index (χ4v) is 1.68. The summed E-state index contributed by atoms with van der Waals surface area (Å²) in [6.45, 7) is 0.646. The Morgan fingerprint density at radius 1 is 1.64 bits per heavy atom. The van der Waals surface area contributed by atoms with Crippen LogP contribution in [0, 0.1) is 5.41 Å². The van der Waals surface area contributed by atoms with Gasteiger partial charge in [0.15, 0.2) is 5.96 Å². The maximum absolute atomic E-state index is 7.51. The summed E-state index contributed by atoms with van der Waals surface area (Å²) in [6.07, 6.45) is 0.